The smallest absolute Gasteiger partial charge is 0.341 e. The van der Waals surface area contributed by atoms with Crippen LogP contribution in [0, 0.1) is 0 Å². The number of hydrogen-bond acceptors (Lipinski definition) is 7. The molecule has 0 radical (unpaired) electrons. The van der Waals surface area contributed by atoms with Gasteiger partial charge in [-0.05, 0) is 44.0 Å². The summed E-state index contributed by atoms with van der Waals surface area (Å²) in [6.07, 6.45) is 2.86. The first-order valence-electron chi connectivity index (χ1n) is 9.00. The molecule has 0 aromatic heterocycles. The van der Waals surface area contributed by atoms with Gasteiger partial charge in [-0.25, -0.2) is 4.79 Å². The van der Waals surface area contributed by atoms with E-state index in [0.29, 0.717) is 18.1 Å². The Morgan fingerprint density at radius 3 is 2.36 bits per heavy atom. The third-order valence-electron chi connectivity index (χ3n) is 3.38. The van der Waals surface area contributed by atoms with Gasteiger partial charge >= 0.3 is 19.5 Å². The monoisotopic (exact) mass is 432 g/mol. The van der Waals surface area contributed by atoms with Gasteiger partial charge in [0.05, 0.1) is 26.4 Å². The minimum atomic E-state index is -3.48. The summed E-state index contributed by atoms with van der Waals surface area (Å²) < 4.78 is 32.4. The summed E-state index contributed by atoms with van der Waals surface area (Å²) in [6.45, 7) is 5.78. The number of halogens is 1. The van der Waals surface area contributed by atoms with Crippen LogP contribution in [0.4, 0.5) is 0 Å². The second kappa shape index (κ2) is 12.7. The van der Waals surface area contributed by atoms with Crippen LogP contribution in [0.25, 0.3) is 6.08 Å². The molecule has 1 rings (SSSR count). The Kier molecular flexibility index (Phi) is 11.1. The quantitative estimate of drug-likeness (QED) is 0.277. The van der Waals surface area contributed by atoms with E-state index in [1.54, 1.807) is 45.0 Å². The van der Waals surface area contributed by atoms with E-state index >= 15 is 0 Å². The van der Waals surface area contributed by atoms with Gasteiger partial charge in [0.1, 0.15) is 6.16 Å². The minimum absolute atomic E-state index is 0.0574. The summed E-state index contributed by atoms with van der Waals surface area (Å²) in [6, 6.07) is 5.24. The predicted molar refractivity (Wildman–Crippen MR) is 108 cm³/mol. The molecule has 9 heteroatoms. The normalized spacial score (nSPS) is 11.6. The molecule has 0 saturated heterocycles. The topological polar surface area (TPSA) is 88.1 Å². The molecule has 0 unspecified atom stereocenters. The minimum Gasteiger partial charge on any atom is -0.465 e. The summed E-state index contributed by atoms with van der Waals surface area (Å²) in [7, 11) is -3.48. The maximum atomic E-state index is 12.3. The molecule has 0 N–H and O–H groups in total. The van der Waals surface area contributed by atoms with Crippen LogP contribution in [-0.4, -0.2) is 44.5 Å². The van der Waals surface area contributed by atoms with Gasteiger partial charge in [0.15, 0.2) is 0 Å². The number of carbonyl (C=O) groups excluding carboxylic acids is 2. The van der Waals surface area contributed by atoms with Gasteiger partial charge in [-0.3, -0.25) is 9.36 Å². The van der Waals surface area contributed by atoms with E-state index < -0.39 is 25.7 Å². The van der Waals surface area contributed by atoms with Crippen LogP contribution in [0.2, 0.25) is 5.02 Å². The standard InChI is InChI=1S/C19H26ClO7P/c1-4-24-18(21)10-8-15-7-9-17(20)16(13-15)11-12-25-19(22)14-28(23,26-5-2)27-6-3/h7-10,13H,4-6,11-12,14H2,1-3H3/b10-8+. The van der Waals surface area contributed by atoms with Crippen LogP contribution in [0.15, 0.2) is 24.3 Å². The van der Waals surface area contributed by atoms with Gasteiger partial charge in [0, 0.05) is 17.5 Å². The van der Waals surface area contributed by atoms with Gasteiger partial charge in [-0.1, -0.05) is 23.7 Å². The van der Waals surface area contributed by atoms with E-state index in [1.807, 2.05) is 0 Å². The zero-order chi connectivity index (χ0) is 21.0. The van der Waals surface area contributed by atoms with Gasteiger partial charge in [-0.15, -0.1) is 0 Å². The highest BCUT2D eigenvalue weighted by molar-refractivity contribution is 7.54. The maximum absolute atomic E-state index is 12.3. The number of rotatable bonds is 12. The predicted octanol–water partition coefficient (Wildman–Crippen LogP) is 4.27. The molecule has 7 nitrogen and oxygen atoms in total. The van der Waals surface area contributed by atoms with Crippen LogP contribution < -0.4 is 0 Å². The highest BCUT2D eigenvalue weighted by Crippen LogP contribution is 2.47. The van der Waals surface area contributed by atoms with Crippen molar-refractivity contribution in [1.29, 1.82) is 0 Å². The third-order valence-corrected chi connectivity index (χ3v) is 5.69. The third kappa shape index (κ3) is 9.02. The van der Waals surface area contributed by atoms with Crippen molar-refractivity contribution in [1.82, 2.24) is 0 Å². The van der Waals surface area contributed by atoms with Crippen LogP contribution in [-0.2, 0) is 39.1 Å². The fraction of sp³-hybridized carbons (Fsp3) is 0.474. The van der Waals surface area contributed by atoms with Crippen LogP contribution in [0.1, 0.15) is 31.9 Å². The molecule has 0 atom stereocenters. The lowest BCUT2D eigenvalue weighted by Gasteiger charge is -2.16. The van der Waals surface area contributed by atoms with Gasteiger partial charge in [0.25, 0.3) is 0 Å². The number of ether oxygens (including phenoxy) is 2. The molecule has 0 bridgehead atoms. The molecule has 0 fully saturated rings. The summed E-state index contributed by atoms with van der Waals surface area (Å²) in [5.41, 5.74) is 1.51. The fourth-order valence-electron chi connectivity index (χ4n) is 2.25. The molecule has 28 heavy (non-hydrogen) atoms. The Morgan fingerprint density at radius 2 is 1.75 bits per heavy atom. The molecule has 0 spiro atoms. The van der Waals surface area contributed by atoms with Crippen molar-refractivity contribution in [3.05, 3.63) is 40.4 Å². The Labute approximate surface area is 170 Å². The summed E-state index contributed by atoms with van der Waals surface area (Å²) >= 11 is 6.17. The van der Waals surface area contributed by atoms with Gasteiger partial charge in [0.2, 0.25) is 0 Å². The first-order valence-corrected chi connectivity index (χ1v) is 11.1. The number of hydrogen-bond donors (Lipinski definition) is 0. The first-order chi connectivity index (χ1) is 13.3. The molecule has 156 valence electrons. The number of benzene rings is 1. The second-order valence-corrected chi connectivity index (χ2v) is 7.97. The summed E-state index contributed by atoms with van der Waals surface area (Å²) in [5.74, 6) is -1.10. The lowest BCUT2D eigenvalue weighted by atomic mass is 10.1. The van der Waals surface area contributed by atoms with Crippen molar-refractivity contribution in [2.45, 2.75) is 27.2 Å². The van der Waals surface area contributed by atoms with Gasteiger partial charge in [-0.2, -0.15) is 0 Å². The molecular formula is C19H26ClO7P. The average molecular weight is 433 g/mol. The molecule has 1 aromatic carbocycles. The van der Waals surface area contributed by atoms with Crippen molar-refractivity contribution in [3.8, 4) is 0 Å². The van der Waals surface area contributed by atoms with E-state index in [4.69, 9.17) is 30.1 Å². The molecule has 0 aliphatic heterocycles. The Morgan fingerprint density at radius 1 is 1.07 bits per heavy atom. The first kappa shape index (κ1) is 24.4. The van der Waals surface area contributed by atoms with Crippen molar-refractivity contribution in [2.75, 3.05) is 32.6 Å². The lowest BCUT2D eigenvalue weighted by Crippen LogP contribution is -2.15. The zero-order valence-corrected chi connectivity index (χ0v) is 18.0. The van der Waals surface area contributed by atoms with Crippen LogP contribution >= 0.6 is 19.2 Å². The molecule has 0 saturated carbocycles. The molecule has 0 aliphatic carbocycles. The Balaban J connectivity index is 2.62. The lowest BCUT2D eigenvalue weighted by molar-refractivity contribution is -0.141. The number of esters is 2. The largest absolute Gasteiger partial charge is 0.465 e. The zero-order valence-electron chi connectivity index (χ0n) is 16.3. The van der Waals surface area contributed by atoms with E-state index in [1.165, 1.54) is 6.08 Å². The SMILES string of the molecule is CCOC(=O)/C=C/c1ccc(Cl)c(CCOC(=O)CP(=O)(OCC)OCC)c1. The summed E-state index contributed by atoms with van der Waals surface area (Å²) in [4.78, 5) is 23.3. The molecule has 0 heterocycles. The highest BCUT2D eigenvalue weighted by Gasteiger charge is 2.28. The van der Waals surface area contributed by atoms with Crippen molar-refractivity contribution in [3.63, 3.8) is 0 Å². The molecule has 0 aliphatic rings. The van der Waals surface area contributed by atoms with E-state index in [0.717, 1.165) is 11.1 Å². The highest BCUT2D eigenvalue weighted by atomic mass is 35.5. The summed E-state index contributed by atoms with van der Waals surface area (Å²) in [5, 5.41) is 0.513. The molecular weight excluding hydrogens is 407 g/mol. The van der Waals surface area contributed by atoms with Crippen LogP contribution in [0.3, 0.4) is 0 Å². The second-order valence-electron chi connectivity index (χ2n) is 5.51. The van der Waals surface area contributed by atoms with E-state index in [9.17, 15) is 14.2 Å². The van der Waals surface area contributed by atoms with Crippen molar-refractivity contribution in [2.24, 2.45) is 0 Å². The number of carbonyl (C=O) groups is 2. The Bertz CT molecular complexity index is 723. The molecule has 0 amide bonds. The maximum Gasteiger partial charge on any atom is 0.341 e. The van der Waals surface area contributed by atoms with E-state index in [-0.39, 0.29) is 19.8 Å². The van der Waals surface area contributed by atoms with E-state index in [2.05, 4.69) is 0 Å². The van der Waals surface area contributed by atoms with Crippen molar-refractivity contribution >= 4 is 37.2 Å². The Hall–Kier alpha value is -1.66. The van der Waals surface area contributed by atoms with Gasteiger partial charge < -0.3 is 18.5 Å². The fourth-order valence-corrected chi connectivity index (χ4v) is 3.91. The van der Waals surface area contributed by atoms with Crippen LogP contribution in [0.5, 0.6) is 0 Å². The average Bonchev–Trinajstić information content (AvgIpc) is 2.62. The molecule has 1 aromatic rings. The van der Waals surface area contributed by atoms with Crippen molar-refractivity contribution < 1.29 is 32.7 Å².